The zero-order valence-corrected chi connectivity index (χ0v) is 11.0. The third-order valence-corrected chi connectivity index (χ3v) is 2.67. The first-order chi connectivity index (χ1) is 9.10. The van der Waals surface area contributed by atoms with Gasteiger partial charge in [0.2, 0.25) is 5.88 Å². The molecule has 0 aliphatic heterocycles. The van der Waals surface area contributed by atoms with Gasteiger partial charge in [0, 0.05) is 10.5 Å². The van der Waals surface area contributed by atoms with Crippen LogP contribution in [0.25, 0.3) is 0 Å². The van der Waals surface area contributed by atoms with Crippen molar-refractivity contribution in [1.29, 1.82) is 5.26 Å². The summed E-state index contributed by atoms with van der Waals surface area (Å²) in [5, 5.41) is 19.5. The van der Waals surface area contributed by atoms with Gasteiger partial charge in [-0.25, -0.2) is 4.98 Å². The van der Waals surface area contributed by atoms with Gasteiger partial charge in [-0.1, -0.05) is 22.0 Å². The summed E-state index contributed by atoms with van der Waals surface area (Å²) >= 11 is 3.29. The smallest absolute Gasteiger partial charge is 0.289 e. The van der Waals surface area contributed by atoms with Gasteiger partial charge < -0.3 is 4.74 Å². The second-order valence-corrected chi connectivity index (χ2v) is 4.39. The van der Waals surface area contributed by atoms with Crippen LogP contribution >= 0.6 is 15.9 Å². The Hall–Kier alpha value is -2.46. The van der Waals surface area contributed by atoms with Crippen molar-refractivity contribution in [2.45, 2.75) is 0 Å². The molecule has 0 spiro atoms. The molecule has 6 nitrogen and oxygen atoms in total. The van der Waals surface area contributed by atoms with Gasteiger partial charge in [0.1, 0.15) is 23.6 Å². The van der Waals surface area contributed by atoms with Crippen molar-refractivity contribution in [3.05, 3.63) is 56.7 Å². The number of ether oxygens (including phenoxy) is 1. The third kappa shape index (κ3) is 3.05. The summed E-state index contributed by atoms with van der Waals surface area (Å²) < 4.78 is 6.24. The van der Waals surface area contributed by atoms with E-state index in [0.29, 0.717) is 5.75 Å². The zero-order valence-electron chi connectivity index (χ0n) is 9.41. The van der Waals surface area contributed by atoms with E-state index in [-0.39, 0.29) is 17.1 Å². The number of rotatable bonds is 3. The van der Waals surface area contributed by atoms with E-state index in [1.54, 1.807) is 18.2 Å². The summed E-state index contributed by atoms with van der Waals surface area (Å²) in [6.45, 7) is 0. The molecular formula is C12H6BrN3O3. The van der Waals surface area contributed by atoms with Crippen LogP contribution in [0.3, 0.4) is 0 Å². The van der Waals surface area contributed by atoms with Gasteiger partial charge in [0.05, 0.1) is 4.92 Å². The van der Waals surface area contributed by atoms with Crippen molar-refractivity contribution in [3.63, 3.8) is 0 Å². The van der Waals surface area contributed by atoms with E-state index in [2.05, 4.69) is 20.9 Å². The maximum Gasteiger partial charge on any atom is 0.289 e. The molecule has 0 unspecified atom stereocenters. The highest BCUT2D eigenvalue weighted by Crippen LogP contribution is 2.27. The Morgan fingerprint density at radius 3 is 2.84 bits per heavy atom. The topological polar surface area (TPSA) is 89.0 Å². The maximum absolute atomic E-state index is 10.6. The predicted octanol–water partition coefficient (Wildman–Crippen LogP) is 3.42. The van der Waals surface area contributed by atoms with Gasteiger partial charge in [0.25, 0.3) is 5.69 Å². The van der Waals surface area contributed by atoms with E-state index in [1.165, 1.54) is 0 Å². The molecule has 0 amide bonds. The van der Waals surface area contributed by atoms with Crippen LogP contribution < -0.4 is 4.74 Å². The fraction of sp³-hybridized carbons (Fsp3) is 0. The van der Waals surface area contributed by atoms with E-state index in [4.69, 9.17) is 10.00 Å². The van der Waals surface area contributed by atoms with E-state index >= 15 is 0 Å². The lowest BCUT2D eigenvalue weighted by Crippen LogP contribution is -1.95. The minimum absolute atomic E-state index is 0.00850. The summed E-state index contributed by atoms with van der Waals surface area (Å²) in [5.41, 5.74) is -0.243. The molecule has 94 valence electrons. The van der Waals surface area contributed by atoms with Gasteiger partial charge in [-0.3, -0.25) is 10.1 Å². The fourth-order valence-electron chi connectivity index (χ4n) is 1.34. The van der Waals surface area contributed by atoms with Crippen molar-refractivity contribution < 1.29 is 9.66 Å². The second-order valence-electron chi connectivity index (χ2n) is 3.47. The lowest BCUT2D eigenvalue weighted by molar-refractivity contribution is -0.385. The highest BCUT2D eigenvalue weighted by atomic mass is 79.9. The minimum Gasteiger partial charge on any atom is -0.438 e. The average molecular weight is 320 g/mol. The van der Waals surface area contributed by atoms with Crippen LogP contribution in [0.1, 0.15) is 5.56 Å². The fourth-order valence-corrected chi connectivity index (χ4v) is 1.72. The van der Waals surface area contributed by atoms with Crippen LogP contribution in [0, 0.1) is 21.4 Å². The average Bonchev–Trinajstić information content (AvgIpc) is 2.39. The van der Waals surface area contributed by atoms with Gasteiger partial charge in [-0.15, -0.1) is 0 Å². The molecule has 2 aromatic rings. The summed E-state index contributed by atoms with van der Waals surface area (Å²) in [6, 6.07) is 9.92. The Morgan fingerprint density at radius 2 is 2.21 bits per heavy atom. The molecule has 19 heavy (non-hydrogen) atoms. The van der Waals surface area contributed by atoms with Crippen molar-refractivity contribution in [2.75, 3.05) is 0 Å². The normalized spacial score (nSPS) is 9.68. The molecule has 0 fully saturated rings. The van der Waals surface area contributed by atoms with Crippen molar-refractivity contribution in [1.82, 2.24) is 4.98 Å². The molecule has 0 aliphatic rings. The lowest BCUT2D eigenvalue weighted by atomic mass is 10.2. The summed E-state index contributed by atoms with van der Waals surface area (Å²) in [5.74, 6) is 0.512. The third-order valence-electron chi connectivity index (χ3n) is 2.18. The number of hydrogen-bond acceptors (Lipinski definition) is 5. The molecule has 2 rings (SSSR count). The molecule has 0 radical (unpaired) electrons. The first kappa shape index (κ1) is 13.0. The number of benzene rings is 1. The van der Waals surface area contributed by atoms with E-state index in [1.807, 2.05) is 12.1 Å². The zero-order chi connectivity index (χ0) is 13.8. The van der Waals surface area contributed by atoms with Crippen LogP contribution in [0.5, 0.6) is 11.6 Å². The van der Waals surface area contributed by atoms with Crippen LogP contribution in [0.2, 0.25) is 0 Å². The quantitative estimate of drug-likeness (QED) is 0.638. The molecule has 0 N–H and O–H groups in total. The van der Waals surface area contributed by atoms with E-state index in [9.17, 15) is 10.1 Å². The van der Waals surface area contributed by atoms with Crippen LogP contribution in [-0.4, -0.2) is 9.91 Å². The highest BCUT2D eigenvalue weighted by molar-refractivity contribution is 9.10. The monoisotopic (exact) mass is 319 g/mol. The summed E-state index contributed by atoms with van der Waals surface area (Å²) in [6.07, 6.45) is 1.05. The Bertz CT molecular complexity index is 682. The Morgan fingerprint density at radius 1 is 1.42 bits per heavy atom. The second kappa shape index (κ2) is 5.46. The first-order valence-corrected chi connectivity index (χ1v) is 5.87. The Kier molecular flexibility index (Phi) is 3.73. The molecule has 0 saturated carbocycles. The molecule has 1 aromatic carbocycles. The molecular weight excluding hydrogens is 314 g/mol. The number of nitriles is 1. The van der Waals surface area contributed by atoms with Crippen LogP contribution in [-0.2, 0) is 0 Å². The largest absolute Gasteiger partial charge is 0.438 e. The maximum atomic E-state index is 10.6. The van der Waals surface area contributed by atoms with Crippen molar-refractivity contribution >= 4 is 21.6 Å². The molecule has 0 atom stereocenters. The first-order valence-electron chi connectivity index (χ1n) is 5.08. The number of pyridine rings is 1. The molecule has 0 bridgehead atoms. The predicted molar refractivity (Wildman–Crippen MR) is 69.8 cm³/mol. The van der Waals surface area contributed by atoms with Crippen molar-refractivity contribution in [2.24, 2.45) is 0 Å². The molecule has 1 heterocycles. The standard InChI is InChI=1S/C12H6BrN3O3/c13-9-2-1-3-11(5-9)19-12-8(6-14)4-10(7-15-12)16(17)18/h1-5,7H. The number of hydrogen-bond donors (Lipinski definition) is 0. The molecule has 0 saturated heterocycles. The number of halogens is 1. The summed E-state index contributed by atoms with van der Waals surface area (Å²) in [7, 11) is 0. The Labute approximate surface area is 116 Å². The Balaban J connectivity index is 2.36. The van der Waals surface area contributed by atoms with Crippen LogP contribution in [0.4, 0.5) is 5.69 Å². The van der Waals surface area contributed by atoms with Gasteiger partial charge in [0.15, 0.2) is 0 Å². The summed E-state index contributed by atoms with van der Waals surface area (Å²) in [4.78, 5) is 13.8. The van der Waals surface area contributed by atoms with Gasteiger partial charge >= 0.3 is 0 Å². The van der Waals surface area contributed by atoms with Crippen LogP contribution in [0.15, 0.2) is 41.0 Å². The van der Waals surface area contributed by atoms with E-state index < -0.39 is 4.92 Å². The molecule has 1 aromatic heterocycles. The lowest BCUT2D eigenvalue weighted by Gasteiger charge is -2.06. The molecule has 0 aliphatic carbocycles. The van der Waals surface area contributed by atoms with Gasteiger partial charge in [-0.05, 0) is 18.2 Å². The number of nitro groups is 1. The van der Waals surface area contributed by atoms with Gasteiger partial charge in [-0.2, -0.15) is 5.26 Å². The molecule has 7 heteroatoms. The minimum atomic E-state index is -0.614. The van der Waals surface area contributed by atoms with Crippen molar-refractivity contribution in [3.8, 4) is 17.7 Å². The highest BCUT2D eigenvalue weighted by Gasteiger charge is 2.13. The van der Waals surface area contributed by atoms with E-state index in [0.717, 1.165) is 16.7 Å². The number of aromatic nitrogens is 1. The number of nitrogens with zero attached hydrogens (tertiary/aromatic N) is 3. The SMILES string of the molecule is N#Cc1cc([N+](=O)[O-])cnc1Oc1cccc(Br)c1.